The molecule has 0 N–H and O–H groups in total. The third-order valence-corrected chi connectivity index (χ3v) is 2.71. The van der Waals surface area contributed by atoms with Gasteiger partial charge in [-0.05, 0) is 15.9 Å². The van der Waals surface area contributed by atoms with Crippen LogP contribution in [0.3, 0.4) is 0 Å². The van der Waals surface area contributed by atoms with Gasteiger partial charge >= 0.3 is 0 Å². The quantitative estimate of drug-likeness (QED) is 0.768. The molecular weight excluding hydrogens is 260 g/mol. The van der Waals surface area contributed by atoms with Gasteiger partial charge in [-0.1, -0.05) is 0 Å². The van der Waals surface area contributed by atoms with Crippen molar-refractivity contribution in [3.63, 3.8) is 0 Å². The molecule has 0 fully saturated rings. The Balaban J connectivity index is 2.50. The van der Waals surface area contributed by atoms with Gasteiger partial charge in [-0.25, -0.2) is 4.98 Å². The summed E-state index contributed by atoms with van der Waals surface area (Å²) in [7, 11) is 3.51. The Labute approximate surface area is 94.9 Å². The van der Waals surface area contributed by atoms with E-state index in [2.05, 4.69) is 26.0 Å². The van der Waals surface area contributed by atoms with Crippen LogP contribution in [0, 0.1) is 0 Å². The molecule has 0 amide bonds. The van der Waals surface area contributed by atoms with E-state index < -0.39 is 0 Å². The first kappa shape index (κ1) is 10.1. The highest BCUT2D eigenvalue weighted by Crippen LogP contribution is 2.17. The second-order valence-electron chi connectivity index (χ2n) is 3.16. The van der Waals surface area contributed by atoms with Crippen molar-refractivity contribution in [2.45, 2.75) is 0 Å². The first-order chi connectivity index (χ1) is 7.11. The van der Waals surface area contributed by atoms with Crippen LogP contribution in [-0.4, -0.2) is 25.1 Å². The summed E-state index contributed by atoms with van der Waals surface area (Å²) >= 11 is 3.29. The summed E-state index contributed by atoms with van der Waals surface area (Å²) in [6.07, 6.45) is 4.92. The highest BCUT2D eigenvalue weighted by Gasteiger charge is 2.20. The molecule has 2 rings (SSSR count). The van der Waals surface area contributed by atoms with E-state index in [9.17, 15) is 4.79 Å². The van der Waals surface area contributed by atoms with Crippen molar-refractivity contribution in [2.24, 2.45) is 14.1 Å². The van der Waals surface area contributed by atoms with Crippen molar-refractivity contribution in [2.75, 3.05) is 0 Å². The van der Waals surface area contributed by atoms with Crippen LogP contribution in [0.2, 0.25) is 0 Å². The molecule has 0 saturated heterocycles. The highest BCUT2D eigenvalue weighted by molar-refractivity contribution is 9.10. The molecule has 0 aliphatic heterocycles. The number of carbonyl (C=O) groups is 1. The molecule has 5 nitrogen and oxygen atoms in total. The maximum Gasteiger partial charge on any atom is 0.247 e. The van der Waals surface area contributed by atoms with Gasteiger partial charge in [0.1, 0.15) is 5.69 Å². The van der Waals surface area contributed by atoms with Crippen LogP contribution in [-0.2, 0) is 14.1 Å². The summed E-state index contributed by atoms with van der Waals surface area (Å²) in [5.41, 5.74) is 0.504. The Morgan fingerprint density at radius 1 is 1.47 bits per heavy atom. The van der Waals surface area contributed by atoms with Gasteiger partial charge in [0.25, 0.3) is 0 Å². The van der Waals surface area contributed by atoms with Gasteiger partial charge < -0.3 is 4.57 Å². The summed E-state index contributed by atoms with van der Waals surface area (Å²) in [5.74, 6) is 0.258. The first-order valence-electron chi connectivity index (χ1n) is 4.30. The molecule has 0 aromatic carbocycles. The highest BCUT2D eigenvalue weighted by atomic mass is 79.9. The monoisotopic (exact) mass is 268 g/mol. The Morgan fingerprint density at radius 2 is 2.20 bits per heavy atom. The lowest BCUT2D eigenvalue weighted by atomic mass is 10.2. The average Bonchev–Trinajstić information content (AvgIpc) is 2.73. The molecule has 0 aliphatic carbocycles. The predicted octanol–water partition coefficient (Wildman–Crippen LogP) is 1.15. The summed E-state index contributed by atoms with van der Waals surface area (Å²) < 4.78 is 3.89. The molecule has 0 saturated carbocycles. The molecular formula is C9H9BrN4O. The van der Waals surface area contributed by atoms with Crippen LogP contribution >= 0.6 is 15.9 Å². The minimum atomic E-state index is -0.144. The fourth-order valence-corrected chi connectivity index (χ4v) is 1.88. The summed E-state index contributed by atoms with van der Waals surface area (Å²) in [5, 5.41) is 3.99. The van der Waals surface area contributed by atoms with E-state index in [1.54, 1.807) is 37.3 Å². The average molecular weight is 269 g/mol. The topological polar surface area (TPSA) is 52.7 Å². The predicted molar refractivity (Wildman–Crippen MR) is 57.5 cm³/mol. The van der Waals surface area contributed by atoms with Gasteiger partial charge in [0.15, 0.2) is 5.82 Å². The fraction of sp³-hybridized carbons (Fsp3) is 0.222. The second kappa shape index (κ2) is 3.62. The number of hydrogen-bond acceptors (Lipinski definition) is 3. The number of carbonyl (C=O) groups excluding carboxylic acids is 1. The minimum Gasteiger partial charge on any atom is -0.331 e. The molecule has 0 spiro atoms. The smallest absolute Gasteiger partial charge is 0.247 e. The molecule has 0 aliphatic rings. The van der Waals surface area contributed by atoms with E-state index in [1.807, 2.05) is 0 Å². The van der Waals surface area contributed by atoms with E-state index >= 15 is 0 Å². The van der Waals surface area contributed by atoms with E-state index in [0.717, 1.165) is 0 Å². The van der Waals surface area contributed by atoms with E-state index in [4.69, 9.17) is 0 Å². The molecule has 2 aromatic heterocycles. The van der Waals surface area contributed by atoms with Crippen LogP contribution < -0.4 is 0 Å². The Hall–Kier alpha value is -1.43. The van der Waals surface area contributed by atoms with Crippen molar-refractivity contribution in [1.29, 1.82) is 0 Å². The van der Waals surface area contributed by atoms with Gasteiger partial charge in [-0.15, -0.1) is 0 Å². The first-order valence-corrected chi connectivity index (χ1v) is 5.10. The molecule has 6 heteroatoms. The molecule has 15 heavy (non-hydrogen) atoms. The molecule has 0 atom stereocenters. The number of ketones is 1. The molecule has 0 unspecified atom stereocenters. The normalized spacial score (nSPS) is 10.6. The number of hydrogen-bond donors (Lipinski definition) is 0. The standard InChI is InChI=1S/C9H9BrN4O/c1-13-4-3-11-9(13)8(15)7-6(10)5-12-14(7)2/h3-5H,1-2H3. The largest absolute Gasteiger partial charge is 0.331 e. The van der Waals surface area contributed by atoms with Crippen molar-refractivity contribution in [3.05, 3.63) is 34.6 Å². The molecule has 0 bridgehead atoms. The van der Waals surface area contributed by atoms with Crippen molar-refractivity contribution in [3.8, 4) is 0 Å². The maximum absolute atomic E-state index is 12.1. The molecule has 2 aromatic rings. The van der Waals surface area contributed by atoms with E-state index in [1.165, 1.54) is 4.68 Å². The lowest BCUT2D eigenvalue weighted by Crippen LogP contribution is -2.13. The van der Waals surface area contributed by atoms with Crippen molar-refractivity contribution < 1.29 is 4.79 Å². The number of aryl methyl sites for hydroxylation is 2. The molecule has 0 radical (unpaired) electrons. The zero-order chi connectivity index (χ0) is 11.0. The number of halogens is 1. The molecule has 78 valence electrons. The van der Waals surface area contributed by atoms with Crippen LogP contribution in [0.15, 0.2) is 23.1 Å². The summed E-state index contributed by atoms with van der Waals surface area (Å²) in [6.45, 7) is 0. The van der Waals surface area contributed by atoms with Crippen LogP contribution in [0.5, 0.6) is 0 Å². The number of rotatable bonds is 2. The van der Waals surface area contributed by atoms with Gasteiger partial charge in [0.05, 0.1) is 10.7 Å². The minimum absolute atomic E-state index is 0.144. The Morgan fingerprint density at radius 3 is 2.67 bits per heavy atom. The Kier molecular flexibility index (Phi) is 2.44. The van der Waals surface area contributed by atoms with E-state index in [0.29, 0.717) is 16.0 Å². The van der Waals surface area contributed by atoms with Gasteiger partial charge in [0, 0.05) is 26.5 Å². The fourth-order valence-electron chi connectivity index (χ4n) is 1.36. The van der Waals surface area contributed by atoms with Gasteiger partial charge in [-0.3, -0.25) is 9.48 Å². The third kappa shape index (κ3) is 1.61. The van der Waals surface area contributed by atoms with Crippen molar-refractivity contribution in [1.82, 2.24) is 19.3 Å². The lowest BCUT2D eigenvalue weighted by Gasteiger charge is -2.02. The zero-order valence-corrected chi connectivity index (χ0v) is 9.89. The van der Waals surface area contributed by atoms with Crippen LogP contribution in [0.25, 0.3) is 0 Å². The van der Waals surface area contributed by atoms with Crippen molar-refractivity contribution >= 4 is 21.7 Å². The van der Waals surface area contributed by atoms with Crippen LogP contribution in [0.4, 0.5) is 0 Å². The number of imidazole rings is 1. The Bertz CT molecular complexity index is 494. The lowest BCUT2D eigenvalue weighted by molar-refractivity contribution is 0.101. The van der Waals surface area contributed by atoms with Gasteiger partial charge in [-0.2, -0.15) is 5.10 Å². The number of nitrogens with zero attached hydrogens (tertiary/aromatic N) is 4. The zero-order valence-electron chi connectivity index (χ0n) is 8.31. The van der Waals surface area contributed by atoms with Crippen LogP contribution in [0.1, 0.15) is 16.3 Å². The van der Waals surface area contributed by atoms with E-state index in [-0.39, 0.29) is 5.78 Å². The SMILES string of the molecule is Cn1ccnc1C(=O)c1c(Br)cnn1C. The number of aromatic nitrogens is 4. The molecule has 2 heterocycles. The van der Waals surface area contributed by atoms with Gasteiger partial charge in [0.2, 0.25) is 5.78 Å². The summed E-state index contributed by atoms with van der Waals surface area (Å²) in [4.78, 5) is 16.1. The maximum atomic E-state index is 12.1. The summed E-state index contributed by atoms with van der Waals surface area (Å²) in [6, 6.07) is 0. The second-order valence-corrected chi connectivity index (χ2v) is 4.01. The third-order valence-electron chi connectivity index (χ3n) is 2.13.